The van der Waals surface area contributed by atoms with Crippen molar-refractivity contribution in [2.24, 2.45) is 5.41 Å². The van der Waals surface area contributed by atoms with Gasteiger partial charge in [-0.05, 0) is 65.8 Å². The lowest BCUT2D eigenvalue weighted by atomic mass is 9.59. The van der Waals surface area contributed by atoms with Gasteiger partial charge in [0.25, 0.3) is 0 Å². The van der Waals surface area contributed by atoms with Crippen LogP contribution < -0.4 is 4.72 Å². The molecular formula is C23H27Cl2NO2S. The zero-order chi connectivity index (χ0) is 20.9. The molecule has 1 atom stereocenters. The van der Waals surface area contributed by atoms with Crippen LogP contribution in [-0.2, 0) is 21.2 Å². The highest BCUT2D eigenvalue weighted by atomic mass is 35.5. The van der Waals surface area contributed by atoms with Gasteiger partial charge in [-0.2, -0.15) is 0 Å². The Hall–Kier alpha value is -1.07. The molecule has 6 heteroatoms. The lowest BCUT2D eigenvalue weighted by molar-refractivity contribution is 0.197. The number of fused-ring (bicyclic) bond motifs is 2. The third kappa shape index (κ3) is 4.10. The fourth-order valence-electron chi connectivity index (χ4n) is 5.19. The third-order valence-corrected chi connectivity index (χ3v) is 8.97. The quantitative estimate of drug-likeness (QED) is 0.580. The first-order valence-corrected chi connectivity index (χ1v) is 12.6. The van der Waals surface area contributed by atoms with E-state index in [0.29, 0.717) is 33.5 Å². The van der Waals surface area contributed by atoms with Crippen molar-refractivity contribution in [2.45, 2.75) is 56.6 Å². The number of rotatable bonds is 6. The molecule has 1 fully saturated rings. The van der Waals surface area contributed by atoms with Crippen LogP contribution in [0.2, 0.25) is 10.0 Å². The summed E-state index contributed by atoms with van der Waals surface area (Å²) >= 11 is 11.9. The van der Waals surface area contributed by atoms with E-state index in [4.69, 9.17) is 23.2 Å². The molecule has 0 heterocycles. The minimum Gasteiger partial charge on any atom is -0.215 e. The molecular weight excluding hydrogens is 425 g/mol. The van der Waals surface area contributed by atoms with Crippen LogP contribution >= 0.6 is 23.2 Å². The molecule has 0 aromatic heterocycles. The Kier molecular flexibility index (Phi) is 5.52. The first-order chi connectivity index (χ1) is 13.6. The molecule has 2 aromatic carbocycles. The van der Waals surface area contributed by atoms with Crippen LogP contribution in [0.25, 0.3) is 0 Å². The molecule has 3 nitrogen and oxygen atoms in total. The molecule has 2 aromatic rings. The van der Waals surface area contributed by atoms with Gasteiger partial charge < -0.3 is 0 Å². The molecule has 0 amide bonds. The van der Waals surface area contributed by atoms with E-state index in [1.54, 1.807) is 18.2 Å². The standard InChI is InChI=1S/C23H27Cl2NO2S/c1-22(2)14-17(18-5-3-4-6-19(18)23(22)10-11-23)9-12-26-29(27,28)15-16-7-8-20(24)21(25)13-16/h3-8,13,17,26H,9-12,14-15H2,1-2H3. The second-order valence-electron chi connectivity index (χ2n) is 9.14. The predicted octanol–water partition coefficient (Wildman–Crippen LogP) is 6.05. The van der Waals surface area contributed by atoms with Crippen LogP contribution in [-0.4, -0.2) is 15.0 Å². The van der Waals surface area contributed by atoms with Gasteiger partial charge in [0.15, 0.2) is 0 Å². The SMILES string of the molecule is CC1(C)CC(CCNS(=O)(=O)Cc2ccc(Cl)c(Cl)c2)c2ccccc2C12CC2. The molecule has 0 radical (unpaired) electrons. The summed E-state index contributed by atoms with van der Waals surface area (Å²) in [5.41, 5.74) is 4.10. The monoisotopic (exact) mass is 451 g/mol. The van der Waals surface area contributed by atoms with Crippen molar-refractivity contribution in [2.75, 3.05) is 6.54 Å². The minimum atomic E-state index is -3.43. The van der Waals surface area contributed by atoms with E-state index in [2.05, 4.69) is 42.8 Å². The van der Waals surface area contributed by atoms with Gasteiger partial charge in [0.05, 0.1) is 15.8 Å². The molecule has 156 valence electrons. The van der Waals surface area contributed by atoms with Gasteiger partial charge in [-0.15, -0.1) is 0 Å². The van der Waals surface area contributed by atoms with Gasteiger partial charge in [0.2, 0.25) is 10.0 Å². The summed E-state index contributed by atoms with van der Waals surface area (Å²) in [4.78, 5) is 0. The van der Waals surface area contributed by atoms with Gasteiger partial charge in [-0.3, -0.25) is 0 Å². The fourth-order valence-corrected chi connectivity index (χ4v) is 6.66. The third-order valence-electron chi connectivity index (χ3n) is 6.87. The molecule has 0 bridgehead atoms. The normalized spacial score (nSPS) is 21.7. The summed E-state index contributed by atoms with van der Waals surface area (Å²) in [6.45, 7) is 5.18. The Morgan fingerprint density at radius 3 is 2.48 bits per heavy atom. The van der Waals surface area contributed by atoms with Gasteiger partial charge in [0, 0.05) is 12.0 Å². The smallest absolute Gasteiger partial charge is 0.215 e. The van der Waals surface area contributed by atoms with Gasteiger partial charge in [0.1, 0.15) is 0 Å². The van der Waals surface area contributed by atoms with E-state index in [9.17, 15) is 8.42 Å². The second kappa shape index (κ2) is 7.56. The average molecular weight is 452 g/mol. The van der Waals surface area contributed by atoms with E-state index < -0.39 is 10.0 Å². The zero-order valence-corrected chi connectivity index (χ0v) is 19.2. The second-order valence-corrected chi connectivity index (χ2v) is 11.8. The molecule has 1 spiro atoms. The Morgan fingerprint density at radius 2 is 1.79 bits per heavy atom. The Morgan fingerprint density at radius 1 is 1.07 bits per heavy atom. The van der Waals surface area contributed by atoms with E-state index in [0.717, 1.165) is 12.8 Å². The molecule has 29 heavy (non-hydrogen) atoms. The number of nitrogens with one attached hydrogen (secondary N) is 1. The Balaban J connectivity index is 1.43. The summed E-state index contributed by atoms with van der Waals surface area (Å²) < 4.78 is 27.9. The highest BCUT2D eigenvalue weighted by Crippen LogP contribution is 2.66. The number of benzene rings is 2. The summed E-state index contributed by atoms with van der Waals surface area (Å²) in [5, 5.41) is 0.794. The van der Waals surface area contributed by atoms with Crippen molar-refractivity contribution in [1.29, 1.82) is 0 Å². The van der Waals surface area contributed by atoms with E-state index in [1.807, 2.05) is 0 Å². The summed E-state index contributed by atoms with van der Waals surface area (Å²) in [7, 11) is -3.43. The Bertz CT molecular complexity index is 1030. The lowest BCUT2D eigenvalue weighted by Crippen LogP contribution is -2.38. The van der Waals surface area contributed by atoms with Crippen LogP contribution in [0.1, 0.15) is 62.1 Å². The first kappa shape index (κ1) is 21.2. The molecule has 1 unspecified atom stereocenters. The van der Waals surface area contributed by atoms with Crippen molar-refractivity contribution in [3.05, 3.63) is 69.2 Å². The van der Waals surface area contributed by atoms with E-state index in [-0.39, 0.29) is 11.2 Å². The van der Waals surface area contributed by atoms with Crippen LogP contribution in [0.15, 0.2) is 42.5 Å². The summed E-state index contributed by atoms with van der Waals surface area (Å²) in [5.74, 6) is 0.278. The number of halogens is 2. The zero-order valence-electron chi connectivity index (χ0n) is 16.8. The lowest BCUT2D eigenvalue weighted by Gasteiger charge is -2.45. The Labute approximate surface area is 183 Å². The fraction of sp³-hybridized carbons (Fsp3) is 0.478. The molecule has 1 N–H and O–H groups in total. The maximum Gasteiger partial charge on any atom is 0.215 e. The minimum absolute atomic E-state index is 0.0975. The highest BCUT2D eigenvalue weighted by Gasteiger charge is 2.58. The molecule has 4 rings (SSSR count). The molecule has 1 saturated carbocycles. The van der Waals surface area contributed by atoms with Gasteiger partial charge in [-0.25, -0.2) is 13.1 Å². The largest absolute Gasteiger partial charge is 0.215 e. The van der Waals surface area contributed by atoms with Crippen LogP contribution in [0.4, 0.5) is 0 Å². The molecule has 2 aliphatic carbocycles. The van der Waals surface area contributed by atoms with Gasteiger partial charge >= 0.3 is 0 Å². The maximum atomic E-state index is 12.5. The number of sulfonamides is 1. The van der Waals surface area contributed by atoms with Crippen molar-refractivity contribution in [3.63, 3.8) is 0 Å². The van der Waals surface area contributed by atoms with Crippen LogP contribution in [0, 0.1) is 5.41 Å². The first-order valence-electron chi connectivity index (χ1n) is 10.1. The van der Waals surface area contributed by atoms with E-state index in [1.165, 1.54) is 24.0 Å². The maximum absolute atomic E-state index is 12.5. The van der Waals surface area contributed by atoms with Crippen LogP contribution in [0.5, 0.6) is 0 Å². The number of hydrogen-bond acceptors (Lipinski definition) is 2. The van der Waals surface area contributed by atoms with Crippen molar-refractivity contribution in [1.82, 2.24) is 4.72 Å². The van der Waals surface area contributed by atoms with E-state index >= 15 is 0 Å². The molecule has 0 aliphatic heterocycles. The molecule has 0 saturated heterocycles. The van der Waals surface area contributed by atoms with Crippen molar-refractivity contribution in [3.8, 4) is 0 Å². The molecule has 2 aliphatic rings. The summed E-state index contributed by atoms with van der Waals surface area (Å²) in [6.07, 6.45) is 4.43. The average Bonchev–Trinajstić information content (AvgIpc) is 3.45. The van der Waals surface area contributed by atoms with Crippen LogP contribution in [0.3, 0.4) is 0 Å². The van der Waals surface area contributed by atoms with Crippen molar-refractivity contribution >= 4 is 33.2 Å². The topological polar surface area (TPSA) is 46.2 Å². The highest BCUT2D eigenvalue weighted by molar-refractivity contribution is 7.88. The number of hydrogen-bond donors (Lipinski definition) is 1. The van der Waals surface area contributed by atoms with Crippen molar-refractivity contribution < 1.29 is 8.42 Å². The van der Waals surface area contributed by atoms with Gasteiger partial charge in [-0.1, -0.05) is 67.4 Å². The predicted molar refractivity (Wildman–Crippen MR) is 120 cm³/mol. The summed E-state index contributed by atoms with van der Waals surface area (Å²) in [6, 6.07) is 13.7.